The highest BCUT2D eigenvalue weighted by molar-refractivity contribution is 5.70. The molecule has 1 rings (SSSR count). The first-order valence-corrected chi connectivity index (χ1v) is 4.12. The SMILES string of the molecule is C=C/C(=C\CC)c1ccccn1. The first-order chi connectivity index (χ1) is 5.88. The first-order valence-electron chi connectivity index (χ1n) is 4.12. The summed E-state index contributed by atoms with van der Waals surface area (Å²) in [5.41, 5.74) is 2.10. The van der Waals surface area contributed by atoms with Crippen LogP contribution in [0.2, 0.25) is 0 Å². The molecule has 1 heteroatoms. The Morgan fingerprint density at radius 2 is 2.42 bits per heavy atom. The third kappa shape index (κ3) is 2.06. The summed E-state index contributed by atoms with van der Waals surface area (Å²) in [5.74, 6) is 0. The van der Waals surface area contributed by atoms with Gasteiger partial charge in [0.05, 0.1) is 5.69 Å². The van der Waals surface area contributed by atoms with E-state index in [0.717, 1.165) is 17.7 Å². The van der Waals surface area contributed by atoms with Crippen molar-refractivity contribution in [2.24, 2.45) is 0 Å². The van der Waals surface area contributed by atoms with Crippen LogP contribution in [0.4, 0.5) is 0 Å². The molecule has 1 aromatic heterocycles. The molecule has 0 radical (unpaired) electrons. The third-order valence-electron chi connectivity index (χ3n) is 1.60. The third-order valence-corrected chi connectivity index (χ3v) is 1.60. The van der Waals surface area contributed by atoms with Crippen LogP contribution in [-0.2, 0) is 0 Å². The Kier molecular flexibility index (Phi) is 3.27. The highest BCUT2D eigenvalue weighted by Crippen LogP contribution is 2.12. The molecule has 62 valence electrons. The van der Waals surface area contributed by atoms with Crippen LogP contribution in [0.3, 0.4) is 0 Å². The van der Waals surface area contributed by atoms with Crippen molar-refractivity contribution in [2.75, 3.05) is 0 Å². The number of hydrogen-bond donors (Lipinski definition) is 0. The zero-order chi connectivity index (χ0) is 8.81. The summed E-state index contributed by atoms with van der Waals surface area (Å²) >= 11 is 0. The van der Waals surface area contributed by atoms with Crippen LogP contribution in [0.15, 0.2) is 43.1 Å². The van der Waals surface area contributed by atoms with Gasteiger partial charge in [0.15, 0.2) is 0 Å². The van der Waals surface area contributed by atoms with E-state index < -0.39 is 0 Å². The van der Waals surface area contributed by atoms with E-state index in [1.165, 1.54) is 0 Å². The van der Waals surface area contributed by atoms with Gasteiger partial charge in [0.2, 0.25) is 0 Å². The van der Waals surface area contributed by atoms with Crippen LogP contribution in [0, 0.1) is 0 Å². The molecule has 0 amide bonds. The second-order valence-electron chi connectivity index (χ2n) is 2.49. The van der Waals surface area contributed by atoms with Crippen LogP contribution in [0.1, 0.15) is 19.0 Å². The molecule has 0 saturated heterocycles. The number of hydrogen-bond acceptors (Lipinski definition) is 1. The molecule has 0 aliphatic rings. The minimum atomic E-state index is 0.995. The van der Waals surface area contributed by atoms with Gasteiger partial charge in [-0.3, -0.25) is 4.98 Å². The second-order valence-corrected chi connectivity index (χ2v) is 2.49. The maximum atomic E-state index is 4.23. The highest BCUT2D eigenvalue weighted by atomic mass is 14.7. The van der Waals surface area contributed by atoms with Crippen molar-refractivity contribution in [2.45, 2.75) is 13.3 Å². The topological polar surface area (TPSA) is 12.9 Å². The fourth-order valence-corrected chi connectivity index (χ4v) is 1.05. The van der Waals surface area contributed by atoms with Crippen molar-refractivity contribution in [3.63, 3.8) is 0 Å². The minimum Gasteiger partial charge on any atom is -0.256 e. The molecular formula is C11H13N. The number of allylic oxidation sites excluding steroid dienone is 3. The fraction of sp³-hybridized carbons (Fsp3) is 0.182. The number of rotatable bonds is 3. The predicted molar refractivity (Wildman–Crippen MR) is 52.7 cm³/mol. The monoisotopic (exact) mass is 159 g/mol. The van der Waals surface area contributed by atoms with E-state index in [-0.39, 0.29) is 0 Å². The average molecular weight is 159 g/mol. The van der Waals surface area contributed by atoms with Gasteiger partial charge in [-0.25, -0.2) is 0 Å². The van der Waals surface area contributed by atoms with Gasteiger partial charge in [0.25, 0.3) is 0 Å². The molecule has 0 aliphatic carbocycles. The van der Waals surface area contributed by atoms with Gasteiger partial charge >= 0.3 is 0 Å². The summed E-state index contributed by atoms with van der Waals surface area (Å²) in [5, 5.41) is 0. The Labute approximate surface area is 73.5 Å². The largest absolute Gasteiger partial charge is 0.256 e. The van der Waals surface area contributed by atoms with Crippen molar-refractivity contribution < 1.29 is 0 Å². The Morgan fingerprint density at radius 3 is 2.92 bits per heavy atom. The lowest BCUT2D eigenvalue weighted by Gasteiger charge is -1.98. The molecule has 1 nitrogen and oxygen atoms in total. The standard InChI is InChI=1S/C11H13N/c1-3-7-10(4-2)11-8-5-6-9-12-11/h4-9H,2-3H2,1H3/b10-7+. The van der Waals surface area contributed by atoms with E-state index in [0.29, 0.717) is 0 Å². The molecule has 0 aromatic carbocycles. The molecular weight excluding hydrogens is 146 g/mol. The molecule has 0 bridgehead atoms. The first kappa shape index (κ1) is 8.72. The van der Waals surface area contributed by atoms with Gasteiger partial charge < -0.3 is 0 Å². The van der Waals surface area contributed by atoms with Crippen LogP contribution in [0.5, 0.6) is 0 Å². The van der Waals surface area contributed by atoms with E-state index >= 15 is 0 Å². The molecule has 0 spiro atoms. The fourth-order valence-electron chi connectivity index (χ4n) is 1.05. The summed E-state index contributed by atoms with van der Waals surface area (Å²) in [6.07, 6.45) is 6.77. The molecule has 0 atom stereocenters. The summed E-state index contributed by atoms with van der Waals surface area (Å²) in [7, 11) is 0. The smallest absolute Gasteiger partial charge is 0.0698 e. The van der Waals surface area contributed by atoms with Crippen LogP contribution in [-0.4, -0.2) is 4.98 Å². The molecule has 0 aliphatic heterocycles. The number of pyridine rings is 1. The maximum absolute atomic E-state index is 4.23. The number of nitrogens with zero attached hydrogens (tertiary/aromatic N) is 1. The van der Waals surface area contributed by atoms with Gasteiger partial charge in [-0.05, 0) is 24.1 Å². The quantitative estimate of drug-likeness (QED) is 0.618. The Morgan fingerprint density at radius 1 is 1.58 bits per heavy atom. The van der Waals surface area contributed by atoms with E-state index in [2.05, 4.69) is 24.6 Å². The second kappa shape index (κ2) is 4.50. The minimum absolute atomic E-state index is 0.995. The zero-order valence-corrected chi connectivity index (χ0v) is 7.33. The molecule has 0 saturated carbocycles. The molecule has 0 N–H and O–H groups in total. The Hall–Kier alpha value is -1.37. The lowest BCUT2D eigenvalue weighted by molar-refractivity contribution is 1.21. The van der Waals surface area contributed by atoms with E-state index in [1.54, 1.807) is 6.20 Å². The molecule has 0 fully saturated rings. The highest BCUT2D eigenvalue weighted by Gasteiger charge is 1.94. The summed E-state index contributed by atoms with van der Waals surface area (Å²) in [6.45, 7) is 5.85. The van der Waals surface area contributed by atoms with Gasteiger partial charge in [-0.15, -0.1) is 0 Å². The van der Waals surface area contributed by atoms with Gasteiger partial charge in [-0.2, -0.15) is 0 Å². The maximum Gasteiger partial charge on any atom is 0.0698 e. The predicted octanol–water partition coefficient (Wildman–Crippen LogP) is 3.06. The zero-order valence-electron chi connectivity index (χ0n) is 7.33. The van der Waals surface area contributed by atoms with Crippen LogP contribution < -0.4 is 0 Å². The van der Waals surface area contributed by atoms with Gasteiger partial charge in [0.1, 0.15) is 0 Å². The van der Waals surface area contributed by atoms with Crippen LogP contribution >= 0.6 is 0 Å². The van der Waals surface area contributed by atoms with E-state index in [4.69, 9.17) is 0 Å². The van der Waals surface area contributed by atoms with E-state index in [1.807, 2.05) is 24.3 Å². The van der Waals surface area contributed by atoms with Crippen molar-refractivity contribution in [1.29, 1.82) is 0 Å². The summed E-state index contributed by atoms with van der Waals surface area (Å²) in [6, 6.07) is 5.88. The Bertz CT molecular complexity index is 272. The molecule has 1 aromatic rings. The lowest BCUT2D eigenvalue weighted by atomic mass is 10.1. The summed E-state index contributed by atoms with van der Waals surface area (Å²) < 4.78 is 0. The molecule has 12 heavy (non-hydrogen) atoms. The molecule has 0 unspecified atom stereocenters. The van der Waals surface area contributed by atoms with Crippen molar-refractivity contribution in [1.82, 2.24) is 4.98 Å². The average Bonchev–Trinajstić information content (AvgIpc) is 2.15. The van der Waals surface area contributed by atoms with Crippen molar-refractivity contribution >= 4 is 5.57 Å². The number of aromatic nitrogens is 1. The van der Waals surface area contributed by atoms with Crippen molar-refractivity contribution in [3.8, 4) is 0 Å². The molecule has 1 heterocycles. The van der Waals surface area contributed by atoms with Crippen molar-refractivity contribution in [3.05, 3.63) is 48.8 Å². The Balaban J connectivity index is 2.96. The van der Waals surface area contributed by atoms with E-state index in [9.17, 15) is 0 Å². The van der Waals surface area contributed by atoms with Gasteiger partial charge in [-0.1, -0.05) is 31.7 Å². The summed E-state index contributed by atoms with van der Waals surface area (Å²) in [4.78, 5) is 4.23. The van der Waals surface area contributed by atoms with Gasteiger partial charge in [0, 0.05) is 6.20 Å². The van der Waals surface area contributed by atoms with Crippen LogP contribution in [0.25, 0.3) is 5.57 Å². The lowest BCUT2D eigenvalue weighted by Crippen LogP contribution is -1.84. The normalized spacial score (nSPS) is 11.2.